The lowest BCUT2D eigenvalue weighted by Gasteiger charge is -2.25. The number of ether oxygens (including phenoxy) is 3. The Morgan fingerprint density at radius 3 is 2.51 bits per heavy atom. The van der Waals surface area contributed by atoms with Crippen LogP contribution in [0.1, 0.15) is 40.5 Å². The normalized spacial score (nSPS) is 17.7. The second kappa shape index (κ2) is 11.7. The van der Waals surface area contributed by atoms with E-state index in [1.165, 1.54) is 0 Å². The standard InChI is InChI=1S/C31H34N2O6/c1-6-25(30(36)39-31(2,3)4)33-29(35)24-15-22(14-20(24)18-34)38-28-17-26(19-10-8-7-9-11-19)32-27-16-21(37-5)12-13-23(27)28/h7-14,16-18,22,24-25H,6,15H2,1-5H3,(H,33,35)/t22?,24?,25-/m0/s1. The van der Waals surface area contributed by atoms with Gasteiger partial charge in [0.1, 0.15) is 35.5 Å². The largest absolute Gasteiger partial charge is 0.497 e. The molecule has 1 heterocycles. The number of nitrogens with zero attached hydrogens (tertiary/aromatic N) is 1. The van der Waals surface area contributed by atoms with Crippen molar-refractivity contribution < 1.29 is 28.6 Å². The van der Waals surface area contributed by atoms with Gasteiger partial charge in [0.2, 0.25) is 5.91 Å². The number of fused-ring (bicyclic) bond motifs is 1. The molecule has 0 aliphatic heterocycles. The van der Waals surface area contributed by atoms with E-state index in [2.05, 4.69) is 5.32 Å². The number of amides is 1. The van der Waals surface area contributed by atoms with Gasteiger partial charge < -0.3 is 19.5 Å². The predicted molar refractivity (Wildman–Crippen MR) is 148 cm³/mol. The molecule has 0 saturated heterocycles. The highest BCUT2D eigenvalue weighted by Crippen LogP contribution is 2.35. The topological polar surface area (TPSA) is 104 Å². The molecule has 8 heteroatoms. The van der Waals surface area contributed by atoms with E-state index in [4.69, 9.17) is 19.2 Å². The summed E-state index contributed by atoms with van der Waals surface area (Å²) >= 11 is 0. The molecule has 0 bridgehead atoms. The Morgan fingerprint density at radius 1 is 1.13 bits per heavy atom. The molecular formula is C31H34N2O6. The summed E-state index contributed by atoms with van der Waals surface area (Å²) in [4.78, 5) is 42.4. The zero-order valence-electron chi connectivity index (χ0n) is 22.9. The van der Waals surface area contributed by atoms with Crippen molar-refractivity contribution in [2.24, 2.45) is 5.92 Å². The predicted octanol–water partition coefficient (Wildman–Crippen LogP) is 5.04. The van der Waals surface area contributed by atoms with Crippen molar-refractivity contribution in [3.8, 4) is 22.8 Å². The summed E-state index contributed by atoms with van der Waals surface area (Å²) in [6, 6.07) is 16.3. The number of pyridine rings is 1. The maximum absolute atomic E-state index is 13.2. The number of benzene rings is 2. The summed E-state index contributed by atoms with van der Waals surface area (Å²) in [5.74, 6) is -0.415. The number of aromatic nitrogens is 1. The number of hydrogen-bond acceptors (Lipinski definition) is 7. The van der Waals surface area contributed by atoms with Crippen molar-refractivity contribution >= 4 is 29.1 Å². The first kappa shape index (κ1) is 27.8. The van der Waals surface area contributed by atoms with Gasteiger partial charge in [-0.15, -0.1) is 0 Å². The molecule has 0 spiro atoms. The van der Waals surface area contributed by atoms with Crippen LogP contribution < -0.4 is 14.8 Å². The van der Waals surface area contributed by atoms with E-state index < -0.39 is 35.5 Å². The zero-order chi connectivity index (χ0) is 28.2. The SMILES string of the molecule is CC[C@H](NC(=O)C1CC(Oc2cc(-c3ccccc3)nc3cc(OC)ccc23)C=C1C=O)C(=O)OC(C)(C)C. The number of methoxy groups -OCH3 is 1. The molecule has 3 aromatic rings. The molecule has 4 rings (SSSR count). The van der Waals surface area contributed by atoms with Crippen molar-refractivity contribution in [1.82, 2.24) is 10.3 Å². The summed E-state index contributed by atoms with van der Waals surface area (Å²) in [6.07, 6.45) is 2.43. The number of hydrogen-bond donors (Lipinski definition) is 1. The number of rotatable bonds is 9. The number of carbonyl (C=O) groups is 3. The summed E-state index contributed by atoms with van der Waals surface area (Å²) in [7, 11) is 1.60. The Hall–Kier alpha value is -4.20. The van der Waals surface area contributed by atoms with E-state index in [0.29, 0.717) is 35.3 Å². The molecule has 1 aliphatic rings. The van der Waals surface area contributed by atoms with Crippen LogP contribution in [0.3, 0.4) is 0 Å². The highest BCUT2D eigenvalue weighted by atomic mass is 16.6. The van der Waals surface area contributed by atoms with Crippen LogP contribution in [-0.4, -0.2) is 48.0 Å². The van der Waals surface area contributed by atoms with Crippen LogP contribution in [-0.2, 0) is 19.1 Å². The van der Waals surface area contributed by atoms with Gasteiger partial charge in [-0.1, -0.05) is 37.3 Å². The molecule has 1 aliphatic carbocycles. The van der Waals surface area contributed by atoms with Gasteiger partial charge in [-0.2, -0.15) is 0 Å². The number of carbonyl (C=O) groups excluding carboxylic acids is 3. The summed E-state index contributed by atoms with van der Waals surface area (Å²) < 4.78 is 17.2. The van der Waals surface area contributed by atoms with Gasteiger partial charge in [0.05, 0.1) is 24.2 Å². The molecule has 2 aromatic carbocycles. The van der Waals surface area contributed by atoms with E-state index in [1.807, 2.05) is 54.6 Å². The van der Waals surface area contributed by atoms with Crippen molar-refractivity contribution in [3.05, 3.63) is 66.2 Å². The van der Waals surface area contributed by atoms with Crippen LogP contribution in [0, 0.1) is 5.92 Å². The minimum absolute atomic E-state index is 0.255. The number of esters is 1. The summed E-state index contributed by atoms with van der Waals surface area (Å²) in [5.41, 5.74) is 1.99. The first-order valence-corrected chi connectivity index (χ1v) is 13.0. The Balaban J connectivity index is 1.58. The summed E-state index contributed by atoms with van der Waals surface area (Å²) in [6.45, 7) is 7.11. The van der Waals surface area contributed by atoms with Crippen LogP contribution in [0.5, 0.6) is 11.5 Å². The fraction of sp³-hybridized carbons (Fsp3) is 0.355. The second-order valence-electron chi connectivity index (χ2n) is 10.5. The van der Waals surface area contributed by atoms with E-state index in [-0.39, 0.29) is 6.42 Å². The maximum Gasteiger partial charge on any atom is 0.329 e. The van der Waals surface area contributed by atoms with Crippen LogP contribution in [0.4, 0.5) is 0 Å². The van der Waals surface area contributed by atoms with E-state index in [0.717, 1.165) is 16.6 Å². The fourth-order valence-corrected chi connectivity index (χ4v) is 4.52. The third-order valence-electron chi connectivity index (χ3n) is 6.44. The smallest absolute Gasteiger partial charge is 0.329 e. The van der Waals surface area contributed by atoms with Gasteiger partial charge in [-0.3, -0.25) is 9.59 Å². The van der Waals surface area contributed by atoms with Gasteiger partial charge in [0, 0.05) is 35.1 Å². The average Bonchev–Trinajstić information content (AvgIpc) is 3.33. The lowest BCUT2D eigenvalue weighted by Crippen LogP contribution is -2.46. The van der Waals surface area contributed by atoms with Crippen LogP contribution in [0.15, 0.2) is 66.2 Å². The highest BCUT2D eigenvalue weighted by molar-refractivity contribution is 5.94. The van der Waals surface area contributed by atoms with Gasteiger partial charge >= 0.3 is 5.97 Å². The van der Waals surface area contributed by atoms with E-state index in [9.17, 15) is 14.4 Å². The molecule has 1 amide bonds. The third kappa shape index (κ3) is 6.63. The van der Waals surface area contributed by atoms with E-state index >= 15 is 0 Å². The molecule has 204 valence electrons. The molecule has 0 saturated carbocycles. The number of aldehydes is 1. The second-order valence-corrected chi connectivity index (χ2v) is 10.5. The quantitative estimate of drug-likeness (QED) is 0.305. The van der Waals surface area contributed by atoms with Gasteiger partial charge in [-0.25, -0.2) is 9.78 Å². The first-order valence-electron chi connectivity index (χ1n) is 13.0. The molecule has 8 nitrogen and oxygen atoms in total. The first-order chi connectivity index (χ1) is 18.6. The van der Waals surface area contributed by atoms with Gasteiger partial charge in [0.25, 0.3) is 0 Å². The van der Waals surface area contributed by atoms with Crippen LogP contribution >= 0.6 is 0 Å². The lowest BCUT2D eigenvalue weighted by molar-refractivity contribution is -0.158. The Kier molecular flexibility index (Phi) is 8.33. The maximum atomic E-state index is 13.2. The van der Waals surface area contributed by atoms with Gasteiger partial charge in [-0.05, 0) is 45.4 Å². The molecule has 1 aromatic heterocycles. The third-order valence-corrected chi connectivity index (χ3v) is 6.44. The van der Waals surface area contributed by atoms with Crippen molar-refractivity contribution in [2.75, 3.05) is 7.11 Å². The molecule has 0 fully saturated rings. The van der Waals surface area contributed by atoms with E-state index in [1.54, 1.807) is 40.9 Å². The minimum atomic E-state index is -0.808. The zero-order valence-corrected chi connectivity index (χ0v) is 22.9. The average molecular weight is 531 g/mol. The molecule has 0 radical (unpaired) electrons. The Labute approximate surface area is 228 Å². The minimum Gasteiger partial charge on any atom is -0.497 e. The number of nitrogens with one attached hydrogen (secondary N) is 1. The molecule has 39 heavy (non-hydrogen) atoms. The molecule has 2 unspecified atom stereocenters. The molecular weight excluding hydrogens is 496 g/mol. The Morgan fingerprint density at radius 2 is 1.87 bits per heavy atom. The monoisotopic (exact) mass is 530 g/mol. The summed E-state index contributed by atoms with van der Waals surface area (Å²) in [5, 5.41) is 3.54. The van der Waals surface area contributed by atoms with Crippen molar-refractivity contribution in [1.29, 1.82) is 0 Å². The Bertz CT molecular complexity index is 1390. The highest BCUT2D eigenvalue weighted by Gasteiger charge is 2.35. The fourth-order valence-electron chi connectivity index (χ4n) is 4.52. The molecule has 1 N–H and O–H groups in total. The van der Waals surface area contributed by atoms with Crippen LogP contribution in [0.25, 0.3) is 22.2 Å². The van der Waals surface area contributed by atoms with Crippen molar-refractivity contribution in [2.45, 2.75) is 58.3 Å². The molecule has 3 atom stereocenters. The van der Waals surface area contributed by atoms with Crippen molar-refractivity contribution in [3.63, 3.8) is 0 Å². The van der Waals surface area contributed by atoms with Gasteiger partial charge in [0.15, 0.2) is 0 Å². The lowest BCUT2D eigenvalue weighted by atomic mass is 10.0. The van der Waals surface area contributed by atoms with Crippen LogP contribution in [0.2, 0.25) is 0 Å².